The fourth-order valence-corrected chi connectivity index (χ4v) is 5.58. The molecule has 0 radical (unpaired) electrons. The van der Waals surface area contributed by atoms with Crippen LogP contribution in [0.5, 0.6) is 0 Å². The lowest BCUT2D eigenvalue weighted by Gasteiger charge is -2.43. The van der Waals surface area contributed by atoms with Crippen molar-refractivity contribution in [1.82, 2.24) is 4.90 Å². The van der Waals surface area contributed by atoms with Gasteiger partial charge in [-0.2, -0.15) is 0 Å². The van der Waals surface area contributed by atoms with Gasteiger partial charge in [0.15, 0.2) is 0 Å². The highest BCUT2D eigenvalue weighted by atomic mass is 16.2. The van der Waals surface area contributed by atoms with Crippen LogP contribution >= 0.6 is 0 Å². The number of aryl methyl sites for hydroxylation is 1. The molecule has 0 saturated heterocycles. The van der Waals surface area contributed by atoms with Gasteiger partial charge in [0.1, 0.15) is 6.04 Å². The Morgan fingerprint density at radius 2 is 1.45 bits per heavy atom. The molecule has 2 saturated carbocycles. The van der Waals surface area contributed by atoms with Crippen molar-refractivity contribution in [3.05, 3.63) is 71.3 Å². The number of hydrogen-bond donors (Lipinski definition) is 0. The number of carbonyl (C=O) groups is 2. The molecule has 2 fully saturated rings. The van der Waals surface area contributed by atoms with E-state index in [1.807, 2.05) is 66.4 Å². The van der Waals surface area contributed by atoms with E-state index < -0.39 is 6.04 Å². The first-order valence-electron chi connectivity index (χ1n) is 12.7. The van der Waals surface area contributed by atoms with Crippen molar-refractivity contribution in [3.8, 4) is 0 Å². The number of nitrogens with zero attached hydrogens (tertiary/aromatic N) is 2. The Balaban J connectivity index is 1.71. The Kier molecular flexibility index (Phi) is 8.09. The highest BCUT2D eigenvalue weighted by Crippen LogP contribution is 2.35. The molecule has 2 aromatic carbocycles. The summed E-state index contributed by atoms with van der Waals surface area (Å²) in [5, 5.41) is 0. The monoisotopic (exact) mass is 444 g/mol. The van der Waals surface area contributed by atoms with Crippen LogP contribution in [0.1, 0.15) is 85.7 Å². The van der Waals surface area contributed by atoms with Crippen molar-refractivity contribution in [2.45, 2.75) is 83.2 Å². The zero-order valence-electron chi connectivity index (χ0n) is 19.8. The van der Waals surface area contributed by atoms with Gasteiger partial charge < -0.3 is 4.90 Å². The van der Waals surface area contributed by atoms with Crippen molar-refractivity contribution in [1.29, 1.82) is 0 Å². The molecular formula is C29H36N2O2. The van der Waals surface area contributed by atoms with Gasteiger partial charge in [0.25, 0.3) is 11.8 Å². The molecule has 0 aromatic heterocycles. The summed E-state index contributed by atoms with van der Waals surface area (Å²) < 4.78 is 0. The van der Waals surface area contributed by atoms with Crippen LogP contribution in [0.3, 0.4) is 0 Å². The molecule has 0 heterocycles. The molecule has 1 unspecified atom stereocenters. The molecule has 4 rings (SSSR count). The second-order valence-corrected chi connectivity index (χ2v) is 9.67. The van der Waals surface area contributed by atoms with Gasteiger partial charge in [0, 0.05) is 17.8 Å². The molecule has 0 bridgehead atoms. The number of hydrogen-bond acceptors (Lipinski definition) is 2. The molecule has 0 spiro atoms. The molecule has 0 N–H and O–H groups in total. The van der Waals surface area contributed by atoms with E-state index in [0.717, 1.165) is 62.5 Å². The predicted octanol–water partition coefficient (Wildman–Crippen LogP) is 6.36. The van der Waals surface area contributed by atoms with Crippen LogP contribution in [-0.4, -0.2) is 35.0 Å². The Labute approximate surface area is 198 Å². The number of amides is 2. The second-order valence-electron chi connectivity index (χ2n) is 9.67. The van der Waals surface area contributed by atoms with Gasteiger partial charge in [-0.05, 0) is 55.7 Å². The molecule has 2 amide bonds. The molecule has 2 aromatic rings. The van der Waals surface area contributed by atoms with Crippen molar-refractivity contribution in [2.75, 3.05) is 0 Å². The maximum absolute atomic E-state index is 14.0. The lowest BCUT2D eigenvalue weighted by molar-refractivity contribution is -0.125. The van der Waals surface area contributed by atoms with Crippen molar-refractivity contribution >= 4 is 18.0 Å². The number of rotatable bonds is 6. The quantitative estimate of drug-likeness (QED) is 0.487. The summed E-state index contributed by atoms with van der Waals surface area (Å²) in [5.41, 5.74) is 2.58. The summed E-state index contributed by atoms with van der Waals surface area (Å²) in [6.07, 6.45) is 12.5. The smallest absolute Gasteiger partial charge is 0.268 e. The standard InChI is InChI=1S/C29H36N2O2/c1-22-13-11-12-20-26(22)29(33)31(25-18-9-4-10-19-25)27(24-16-7-3-8-17-24)28(32)30-21-23-14-5-2-6-15-23/h2,5-6,11-15,20-21,24-25,27H,3-4,7-10,16-19H2,1H3. The number of aliphatic imine (C=N–C) groups is 1. The van der Waals surface area contributed by atoms with Gasteiger partial charge in [0.05, 0.1) is 0 Å². The van der Waals surface area contributed by atoms with Crippen LogP contribution in [0, 0.1) is 12.8 Å². The molecule has 4 heteroatoms. The van der Waals surface area contributed by atoms with Crippen LogP contribution in [0.4, 0.5) is 0 Å². The zero-order chi connectivity index (χ0) is 23.0. The first-order chi connectivity index (χ1) is 16.1. The maximum atomic E-state index is 14.0. The highest BCUT2D eigenvalue weighted by Gasteiger charge is 2.41. The topological polar surface area (TPSA) is 49.7 Å². The molecule has 4 nitrogen and oxygen atoms in total. The molecule has 0 aliphatic heterocycles. The van der Waals surface area contributed by atoms with Gasteiger partial charge >= 0.3 is 0 Å². The fourth-order valence-electron chi connectivity index (χ4n) is 5.58. The average Bonchev–Trinajstić information content (AvgIpc) is 2.87. The third kappa shape index (κ3) is 5.79. The Hall–Kier alpha value is -2.75. The Morgan fingerprint density at radius 3 is 2.12 bits per heavy atom. The summed E-state index contributed by atoms with van der Waals surface area (Å²) in [7, 11) is 0. The van der Waals surface area contributed by atoms with E-state index in [0.29, 0.717) is 5.56 Å². The van der Waals surface area contributed by atoms with Crippen LogP contribution in [0.25, 0.3) is 0 Å². The molecular weight excluding hydrogens is 408 g/mol. The van der Waals surface area contributed by atoms with E-state index in [1.54, 1.807) is 6.21 Å². The van der Waals surface area contributed by atoms with Crippen molar-refractivity contribution < 1.29 is 9.59 Å². The highest BCUT2D eigenvalue weighted by molar-refractivity contribution is 6.01. The third-order valence-electron chi connectivity index (χ3n) is 7.37. The summed E-state index contributed by atoms with van der Waals surface area (Å²) in [4.78, 5) is 34.2. The van der Waals surface area contributed by atoms with Crippen LogP contribution in [-0.2, 0) is 4.79 Å². The Morgan fingerprint density at radius 1 is 0.848 bits per heavy atom. The van der Waals surface area contributed by atoms with E-state index in [4.69, 9.17) is 0 Å². The van der Waals surface area contributed by atoms with Crippen molar-refractivity contribution in [3.63, 3.8) is 0 Å². The number of carbonyl (C=O) groups excluding carboxylic acids is 2. The first kappa shape index (κ1) is 23.4. The van der Waals surface area contributed by atoms with Gasteiger partial charge in [-0.25, -0.2) is 4.99 Å². The Bertz CT molecular complexity index is 957. The number of benzene rings is 2. The summed E-state index contributed by atoms with van der Waals surface area (Å²) >= 11 is 0. The van der Waals surface area contributed by atoms with E-state index in [2.05, 4.69) is 4.99 Å². The maximum Gasteiger partial charge on any atom is 0.268 e. The average molecular weight is 445 g/mol. The van der Waals surface area contributed by atoms with E-state index in [1.165, 1.54) is 12.8 Å². The minimum absolute atomic E-state index is 0.00108. The van der Waals surface area contributed by atoms with Crippen LogP contribution in [0.15, 0.2) is 59.6 Å². The fraction of sp³-hybridized carbons (Fsp3) is 0.483. The SMILES string of the molecule is Cc1ccccc1C(=O)N(C1CCCCC1)C(C(=O)N=Cc1ccccc1)C1CCCCC1. The predicted molar refractivity (Wildman–Crippen MR) is 134 cm³/mol. The third-order valence-corrected chi connectivity index (χ3v) is 7.37. The first-order valence-corrected chi connectivity index (χ1v) is 12.7. The van der Waals surface area contributed by atoms with Crippen molar-refractivity contribution in [2.24, 2.45) is 10.9 Å². The molecule has 2 aliphatic rings. The van der Waals surface area contributed by atoms with Gasteiger partial charge in [-0.1, -0.05) is 87.1 Å². The zero-order valence-corrected chi connectivity index (χ0v) is 19.8. The van der Waals surface area contributed by atoms with Gasteiger partial charge in [-0.15, -0.1) is 0 Å². The minimum Gasteiger partial charge on any atom is -0.323 e. The van der Waals surface area contributed by atoms with Gasteiger partial charge in [0.2, 0.25) is 0 Å². The second kappa shape index (κ2) is 11.4. The van der Waals surface area contributed by atoms with Crippen LogP contribution < -0.4 is 0 Å². The molecule has 2 aliphatic carbocycles. The van der Waals surface area contributed by atoms with Gasteiger partial charge in [-0.3, -0.25) is 9.59 Å². The lowest BCUT2D eigenvalue weighted by atomic mass is 9.81. The largest absolute Gasteiger partial charge is 0.323 e. The lowest BCUT2D eigenvalue weighted by Crippen LogP contribution is -2.54. The van der Waals surface area contributed by atoms with E-state index >= 15 is 0 Å². The van der Waals surface area contributed by atoms with E-state index in [-0.39, 0.29) is 23.8 Å². The van der Waals surface area contributed by atoms with E-state index in [9.17, 15) is 9.59 Å². The van der Waals surface area contributed by atoms with Crippen LogP contribution in [0.2, 0.25) is 0 Å². The molecule has 33 heavy (non-hydrogen) atoms. The normalized spacial score (nSPS) is 18.8. The summed E-state index contributed by atoms with van der Waals surface area (Å²) in [6.45, 7) is 1.98. The minimum atomic E-state index is -0.486. The molecule has 1 atom stereocenters. The molecule has 174 valence electrons. The summed E-state index contributed by atoms with van der Waals surface area (Å²) in [6, 6.07) is 17.1. The summed E-state index contributed by atoms with van der Waals surface area (Å²) in [5.74, 6) is 0.00571.